The van der Waals surface area contributed by atoms with Crippen LogP contribution < -0.4 is 15.4 Å². The highest BCUT2D eigenvalue weighted by molar-refractivity contribution is 5.97. The van der Waals surface area contributed by atoms with E-state index in [1.807, 2.05) is 66.7 Å². The van der Waals surface area contributed by atoms with Gasteiger partial charge in [0.2, 0.25) is 5.91 Å². The summed E-state index contributed by atoms with van der Waals surface area (Å²) >= 11 is 0. The number of carbonyl (C=O) groups excluding carboxylic acids is 2. The Labute approximate surface area is 191 Å². The van der Waals surface area contributed by atoms with Crippen LogP contribution in [0, 0.1) is 0 Å². The summed E-state index contributed by atoms with van der Waals surface area (Å²) in [6, 6.07) is 26.5. The second kappa shape index (κ2) is 10.3. The zero-order chi connectivity index (χ0) is 23.0. The molecule has 0 aliphatic heterocycles. The molecule has 0 aliphatic carbocycles. The first-order chi connectivity index (χ1) is 16.1. The Kier molecular flexibility index (Phi) is 6.80. The van der Waals surface area contributed by atoms with E-state index in [-0.39, 0.29) is 11.6 Å². The topological polar surface area (TPSA) is 93.5 Å². The van der Waals surface area contributed by atoms with Crippen LogP contribution in [0.3, 0.4) is 0 Å². The lowest BCUT2D eigenvalue weighted by atomic mass is 10.1. The minimum atomic E-state index is -0.889. The van der Waals surface area contributed by atoms with Crippen molar-refractivity contribution in [2.24, 2.45) is 0 Å². The molecule has 0 fully saturated rings. The molecule has 4 aromatic rings. The number of aromatic nitrogens is 1. The zero-order valence-electron chi connectivity index (χ0n) is 18.0. The summed E-state index contributed by atoms with van der Waals surface area (Å²) in [5.41, 5.74) is 2.42. The van der Waals surface area contributed by atoms with E-state index in [9.17, 15) is 9.59 Å². The lowest BCUT2D eigenvalue weighted by Gasteiger charge is -2.18. The Hall–Kier alpha value is -4.39. The molecule has 0 bridgehead atoms. The third-order valence-corrected chi connectivity index (χ3v) is 5.08. The smallest absolute Gasteiger partial charge is 0.274 e. The Morgan fingerprint density at radius 1 is 0.939 bits per heavy atom. The molecule has 2 amide bonds. The summed E-state index contributed by atoms with van der Waals surface area (Å²) in [4.78, 5) is 25.9. The number of benzene rings is 3. The first kappa shape index (κ1) is 21.8. The number of hydrogen-bond donors (Lipinski definition) is 2. The maximum atomic E-state index is 13.0. The summed E-state index contributed by atoms with van der Waals surface area (Å²) in [5, 5.41) is 9.55. The highest BCUT2D eigenvalue weighted by Gasteiger charge is 2.25. The molecule has 3 aromatic carbocycles. The molecule has 0 saturated heterocycles. The molecule has 166 valence electrons. The number of carbonyl (C=O) groups is 2. The molecule has 7 heteroatoms. The fourth-order valence-electron chi connectivity index (χ4n) is 3.33. The van der Waals surface area contributed by atoms with Crippen molar-refractivity contribution in [3.8, 4) is 17.1 Å². The van der Waals surface area contributed by atoms with Crippen LogP contribution in [0.5, 0.6) is 5.75 Å². The number of methoxy groups -OCH3 is 1. The maximum absolute atomic E-state index is 13.0. The minimum absolute atomic E-state index is 0.0737. The third kappa shape index (κ3) is 5.46. The maximum Gasteiger partial charge on any atom is 0.274 e. The summed E-state index contributed by atoms with van der Waals surface area (Å²) in [5.74, 6) is 0.240. The molecule has 0 saturated carbocycles. The van der Waals surface area contributed by atoms with E-state index in [1.165, 1.54) is 6.07 Å². The van der Waals surface area contributed by atoms with Crippen molar-refractivity contribution in [1.29, 1.82) is 0 Å². The van der Waals surface area contributed by atoms with Crippen molar-refractivity contribution in [2.45, 2.75) is 12.6 Å². The van der Waals surface area contributed by atoms with E-state index < -0.39 is 11.9 Å². The average Bonchev–Trinajstić information content (AvgIpc) is 3.37. The van der Waals surface area contributed by atoms with E-state index in [0.29, 0.717) is 23.6 Å². The van der Waals surface area contributed by atoms with Gasteiger partial charge in [0.1, 0.15) is 11.8 Å². The quantitative estimate of drug-likeness (QED) is 0.429. The SMILES string of the molecule is COc1cccc(-c2cc(C(=O)NC(C(=O)NCc3ccccc3)c3ccccc3)no2)c1. The van der Waals surface area contributed by atoms with Gasteiger partial charge in [0.05, 0.1) is 7.11 Å². The Balaban J connectivity index is 1.50. The van der Waals surface area contributed by atoms with Crippen LogP contribution in [0.25, 0.3) is 11.3 Å². The van der Waals surface area contributed by atoms with E-state index in [2.05, 4.69) is 15.8 Å². The number of amides is 2. The van der Waals surface area contributed by atoms with E-state index in [4.69, 9.17) is 9.26 Å². The Morgan fingerprint density at radius 2 is 1.67 bits per heavy atom. The summed E-state index contributed by atoms with van der Waals surface area (Å²) in [6.45, 7) is 0.350. The monoisotopic (exact) mass is 441 g/mol. The van der Waals surface area contributed by atoms with Crippen LogP contribution in [0.1, 0.15) is 27.7 Å². The normalized spacial score (nSPS) is 11.4. The molecular weight excluding hydrogens is 418 g/mol. The number of rotatable bonds is 8. The minimum Gasteiger partial charge on any atom is -0.497 e. The van der Waals surface area contributed by atoms with Gasteiger partial charge in [0.25, 0.3) is 5.91 Å². The second-order valence-electron chi connectivity index (χ2n) is 7.33. The number of nitrogens with zero attached hydrogens (tertiary/aromatic N) is 1. The van der Waals surface area contributed by atoms with Gasteiger partial charge in [-0.25, -0.2) is 0 Å². The summed E-state index contributed by atoms with van der Waals surface area (Å²) < 4.78 is 10.6. The van der Waals surface area contributed by atoms with Gasteiger partial charge in [-0.05, 0) is 23.3 Å². The van der Waals surface area contributed by atoms with Crippen molar-refractivity contribution in [3.63, 3.8) is 0 Å². The van der Waals surface area contributed by atoms with Crippen molar-refractivity contribution in [2.75, 3.05) is 7.11 Å². The molecule has 33 heavy (non-hydrogen) atoms. The average molecular weight is 441 g/mol. The van der Waals surface area contributed by atoms with E-state index in [0.717, 1.165) is 11.1 Å². The zero-order valence-corrected chi connectivity index (χ0v) is 18.0. The summed E-state index contributed by atoms with van der Waals surface area (Å²) in [7, 11) is 1.57. The van der Waals surface area contributed by atoms with E-state index in [1.54, 1.807) is 25.3 Å². The molecule has 2 N–H and O–H groups in total. The molecule has 1 aromatic heterocycles. The molecule has 0 aliphatic rings. The van der Waals surface area contributed by atoms with Crippen molar-refractivity contribution in [3.05, 3.63) is 108 Å². The lowest BCUT2D eigenvalue weighted by molar-refractivity contribution is -0.123. The van der Waals surface area contributed by atoms with Crippen molar-refractivity contribution < 1.29 is 18.8 Å². The highest BCUT2D eigenvalue weighted by Crippen LogP contribution is 2.25. The lowest BCUT2D eigenvalue weighted by Crippen LogP contribution is -2.40. The van der Waals surface area contributed by atoms with Gasteiger partial charge in [-0.2, -0.15) is 0 Å². The van der Waals surface area contributed by atoms with Gasteiger partial charge in [0, 0.05) is 18.2 Å². The fourth-order valence-corrected chi connectivity index (χ4v) is 3.33. The van der Waals surface area contributed by atoms with Crippen LogP contribution >= 0.6 is 0 Å². The third-order valence-electron chi connectivity index (χ3n) is 5.08. The molecule has 4 rings (SSSR count). The van der Waals surface area contributed by atoms with Gasteiger partial charge < -0.3 is 19.9 Å². The van der Waals surface area contributed by atoms with Gasteiger partial charge in [0.15, 0.2) is 11.5 Å². The van der Waals surface area contributed by atoms with Crippen molar-refractivity contribution >= 4 is 11.8 Å². The molecule has 1 atom stereocenters. The number of hydrogen-bond acceptors (Lipinski definition) is 5. The summed E-state index contributed by atoms with van der Waals surface area (Å²) in [6.07, 6.45) is 0. The molecular formula is C26H23N3O4. The fraction of sp³-hybridized carbons (Fsp3) is 0.115. The Bertz CT molecular complexity index is 1220. The molecule has 1 heterocycles. The molecule has 0 spiro atoms. The van der Waals surface area contributed by atoms with Gasteiger partial charge in [-0.15, -0.1) is 0 Å². The number of ether oxygens (including phenoxy) is 1. The van der Waals surface area contributed by atoms with Crippen LogP contribution in [-0.4, -0.2) is 24.1 Å². The van der Waals surface area contributed by atoms with Gasteiger partial charge in [-0.1, -0.05) is 78.0 Å². The van der Waals surface area contributed by atoms with Crippen LogP contribution in [0.15, 0.2) is 95.5 Å². The molecule has 1 unspecified atom stereocenters. The Morgan fingerprint density at radius 3 is 2.39 bits per heavy atom. The largest absolute Gasteiger partial charge is 0.497 e. The standard InChI is InChI=1S/C26H23N3O4/c1-32-21-14-8-13-20(15-21)23-16-22(29-33-23)25(30)28-24(19-11-6-3-7-12-19)26(31)27-17-18-9-4-2-5-10-18/h2-16,24H,17H2,1H3,(H,27,31)(H,28,30). The van der Waals surface area contributed by atoms with Crippen LogP contribution in [0.2, 0.25) is 0 Å². The predicted octanol–water partition coefficient (Wildman–Crippen LogP) is 4.14. The number of nitrogens with one attached hydrogen (secondary N) is 2. The van der Waals surface area contributed by atoms with Crippen molar-refractivity contribution in [1.82, 2.24) is 15.8 Å². The second-order valence-corrected chi connectivity index (χ2v) is 7.33. The first-order valence-electron chi connectivity index (χ1n) is 10.4. The van der Waals surface area contributed by atoms with E-state index >= 15 is 0 Å². The first-order valence-corrected chi connectivity index (χ1v) is 10.4. The van der Waals surface area contributed by atoms with Crippen LogP contribution in [-0.2, 0) is 11.3 Å². The molecule has 0 radical (unpaired) electrons. The van der Waals surface area contributed by atoms with Gasteiger partial charge >= 0.3 is 0 Å². The highest BCUT2D eigenvalue weighted by atomic mass is 16.5. The van der Waals surface area contributed by atoms with Crippen LogP contribution in [0.4, 0.5) is 0 Å². The predicted molar refractivity (Wildman–Crippen MR) is 123 cm³/mol. The molecule has 7 nitrogen and oxygen atoms in total. The van der Waals surface area contributed by atoms with Gasteiger partial charge in [-0.3, -0.25) is 9.59 Å².